The second kappa shape index (κ2) is 5.61. The zero-order valence-corrected chi connectivity index (χ0v) is 11.5. The normalized spacial score (nSPS) is 10.3. The van der Waals surface area contributed by atoms with Crippen LogP contribution in [0.25, 0.3) is 21.8 Å². The molecule has 20 heavy (non-hydrogen) atoms. The Morgan fingerprint density at radius 2 is 2.05 bits per heavy atom. The number of nitrogens with one attached hydrogen (secondary N) is 1. The number of pyridine rings is 1. The summed E-state index contributed by atoms with van der Waals surface area (Å²) >= 11 is 0. The largest absolute Gasteiger partial charge is 0.508 e. The average Bonchev–Trinajstić information content (AvgIpc) is 2.78. The van der Waals surface area contributed by atoms with Crippen molar-refractivity contribution in [2.45, 2.75) is 20.3 Å². The number of aromatic nitrogens is 2. The molecule has 104 valence electrons. The van der Waals surface area contributed by atoms with Crippen LogP contribution in [0.2, 0.25) is 0 Å². The number of fused-ring (bicyclic) bond motifs is 3. The quantitative estimate of drug-likeness (QED) is 0.635. The van der Waals surface area contributed by atoms with E-state index in [2.05, 4.69) is 15.7 Å². The minimum atomic E-state index is -0.245. The molecule has 5 nitrogen and oxygen atoms in total. The summed E-state index contributed by atoms with van der Waals surface area (Å²) in [6.45, 7) is 3.69. The smallest absolute Gasteiger partial charge is 0.217 e. The van der Waals surface area contributed by atoms with Gasteiger partial charge < -0.3 is 15.8 Å². The number of carbonyl (C=O) groups is 1. The van der Waals surface area contributed by atoms with Gasteiger partial charge in [0.05, 0.1) is 16.7 Å². The summed E-state index contributed by atoms with van der Waals surface area (Å²) in [6, 6.07) is 7.33. The van der Waals surface area contributed by atoms with Crippen molar-refractivity contribution in [3.8, 4) is 5.75 Å². The lowest BCUT2D eigenvalue weighted by Gasteiger charge is -1.93. The van der Waals surface area contributed by atoms with Crippen LogP contribution < -0.4 is 5.73 Å². The van der Waals surface area contributed by atoms with Gasteiger partial charge in [0, 0.05) is 29.5 Å². The van der Waals surface area contributed by atoms with Crippen molar-refractivity contribution in [1.29, 1.82) is 0 Å². The Morgan fingerprint density at radius 3 is 2.70 bits per heavy atom. The lowest BCUT2D eigenvalue weighted by Crippen LogP contribution is -2.06. The van der Waals surface area contributed by atoms with Gasteiger partial charge in [0.15, 0.2) is 0 Å². The van der Waals surface area contributed by atoms with E-state index < -0.39 is 0 Å². The average molecular weight is 271 g/mol. The summed E-state index contributed by atoms with van der Waals surface area (Å²) in [5.74, 6) is 0.0321. The number of aromatic hydroxyl groups is 1. The van der Waals surface area contributed by atoms with Crippen LogP contribution in [0.3, 0.4) is 0 Å². The Morgan fingerprint density at radius 1 is 1.35 bits per heavy atom. The first-order chi connectivity index (χ1) is 9.52. The molecule has 0 saturated heterocycles. The molecule has 1 amide bonds. The van der Waals surface area contributed by atoms with E-state index in [9.17, 15) is 9.90 Å². The van der Waals surface area contributed by atoms with E-state index in [-0.39, 0.29) is 11.7 Å². The van der Waals surface area contributed by atoms with Crippen LogP contribution in [-0.4, -0.2) is 21.0 Å². The predicted octanol–water partition coefficient (Wildman–Crippen LogP) is 2.61. The molecule has 0 bridgehead atoms. The van der Waals surface area contributed by atoms with Crippen molar-refractivity contribution in [3.63, 3.8) is 0 Å². The van der Waals surface area contributed by atoms with Crippen LogP contribution in [0, 0.1) is 6.92 Å². The van der Waals surface area contributed by atoms with E-state index >= 15 is 0 Å². The van der Waals surface area contributed by atoms with Crippen molar-refractivity contribution in [1.82, 2.24) is 9.97 Å². The van der Waals surface area contributed by atoms with Crippen molar-refractivity contribution in [2.75, 3.05) is 0 Å². The molecule has 0 aliphatic heterocycles. The first-order valence-electron chi connectivity index (χ1n) is 6.37. The van der Waals surface area contributed by atoms with E-state index in [1.165, 1.54) is 0 Å². The van der Waals surface area contributed by atoms with Gasteiger partial charge in [-0.15, -0.1) is 0 Å². The number of carbonyl (C=O) groups excluding carboxylic acids is 1. The SMILES string of the molecule is CCC(N)=O.Cc1nccc2c1[nH]c1cc(O)ccc12. The molecule has 0 aliphatic rings. The molecule has 2 aromatic heterocycles. The van der Waals surface area contributed by atoms with E-state index in [4.69, 9.17) is 0 Å². The summed E-state index contributed by atoms with van der Waals surface area (Å²) in [7, 11) is 0. The van der Waals surface area contributed by atoms with Gasteiger partial charge in [-0.05, 0) is 25.1 Å². The molecular formula is C15H17N3O2. The fourth-order valence-corrected chi connectivity index (χ4v) is 1.95. The Bertz CT molecular complexity index is 762. The highest BCUT2D eigenvalue weighted by molar-refractivity contribution is 6.08. The van der Waals surface area contributed by atoms with Gasteiger partial charge in [-0.1, -0.05) is 6.92 Å². The Labute approximate surface area is 116 Å². The minimum Gasteiger partial charge on any atom is -0.508 e. The molecule has 0 aliphatic carbocycles. The van der Waals surface area contributed by atoms with E-state index in [1.54, 1.807) is 25.3 Å². The summed E-state index contributed by atoms with van der Waals surface area (Å²) in [6.07, 6.45) is 2.25. The number of phenols is 1. The summed E-state index contributed by atoms with van der Waals surface area (Å²) in [5, 5.41) is 11.7. The van der Waals surface area contributed by atoms with E-state index in [1.807, 2.05) is 19.1 Å². The third-order valence-electron chi connectivity index (χ3n) is 3.04. The third-order valence-corrected chi connectivity index (χ3v) is 3.04. The lowest BCUT2D eigenvalue weighted by atomic mass is 10.1. The van der Waals surface area contributed by atoms with E-state index in [0.29, 0.717) is 6.42 Å². The van der Waals surface area contributed by atoms with Crippen molar-refractivity contribution >= 4 is 27.7 Å². The number of aryl methyl sites for hydroxylation is 1. The lowest BCUT2D eigenvalue weighted by molar-refractivity contribution is -0.117. The molecule has 0 radical (unpaired) electrons. The van der Waals surface area contributed by atoms with Crippen LogP contribution in [-0.2, 0) is 4.79 Å². The maximum absolute atomic E-state index is 9.59. The minimum absolute atomic E-state index is 0.245. The third kappa shape index (κ3) is 2.71. The van der Waals surface area contributed by atoms with Gasteiger partial charge in [0.1, 0.15) is 5.75 Å². The van der Waals surface area contributed by atoms with Gasteiger partial charge in [-0.25, -0.2) is 0 Å². The first kappa shape index (κ1) is 13.9. The number of nitrogens with zero attached hydrogens (tertiary/aromatic N) is 1. The second-order valence-electron chi connectivity index (χ2n) is 4.49. The molecule has 0 spiro atoms. The fourth-order valence-electron chi connectivity index (χ4n) is 1.95. The molecular weight excluding hydrogens is 254 g/mol. The number of hydrogen-bond acceptors (Lipinski definition) is 3. The fraction of sp³-hybridized carbons (Fsp3) is 0.200. The Hall–Kier alpha value is -2.56. The monoisotopic (exact) mass is 271 g/mol. The van der Waals surface area contributed by atoms with Gasteiger partial charge in [-0.3, -0.25) is 9.78 Å². The number of rotatable bonds is 1. The van der Waals surface area contributed by atoms with Crippen LogP contribution >= 0.6 is 0 Å². The Kier molecular flexibility index (Phi) is 3.89. The second-order valence-corrected chi connectivity index (χ2v) is 4.49. The molecule has 0 unspecified atom stereocenters. The first-order valence-corrected chi connectivity index (χ1v) is 6.37. The molecule has 0 atom stereocenters. The van der Waals surface area contributed by atoms with Crippen molar-refractivity contribution in [2.24, 2.45) is 5.73 Å². The van der Waals surface area contributed by atoms with E-state index in [0.717, 1.165) is 27.5 Å². The van der Waals surface area contributed by atoms with Gasteiger partial charge in [0.25, 0.3) is 0 Å². The standard InChI is InChI=1S/C12H10N2O.C3H7NO/c1-7-12-10(4-5-13-7)9-3-2-8(15)6-11(9)14-12;1-2-3(4)5/h2-6,14-15H,1H3;2H2,1H3,(H2,4,5). The summed E-state index contributed by atoms with van der Waals surface area (Å²) in [4.78, 5) is 17.1. The molecule has 0 saturated carbocycles. The molecule has 5 heteroatoms. The van der Waals surface area contributed by atoms with Crippen LogP contribution in [0.5, 0.6) is 5.75 Å². The number of primary amides is 1. The van der Waals surface area contributed by atoms with Gasteiger partial charge in [0.2, 0.25) is 5.91 Å². The summed E-state index contributed by atoms with van der Waals surface area (Å²) < 4.78 is 0. The highest BCUT2D eigenvalue weighted by Gasteiger charge is 2.06. The maximum atomic E-state index is 9.59. The number of H-pyrrole nitrogens is 1. The Balaban J connectivity index is 0.000000257. The zero-order chi connectivity index (χ0) is 14.7. The van der Waals surface area contributed by atoms with Crippen LogP contribution in [0.1, 0.15) is 19.0 Å². The zero-order valence-electron chi connectivity index (χ0n) is 11.5. The number of aromatic amines is 1. The van der Waals surface area contributed by atoms with Gasteiger partial charge >= 0.3 is 0 Å². The maximum Gasteiger partial charge on any atom is 0.217 e. The molecule has 4 N–H and O–H groups in total. The number of nitrogens with two attached hydrogens (primary N) is 1. The molecule has 3 rings (SSSR count). The molecule has 2 heterocycles. The molecule has 3 aromatic rings. The highest BCUT2D eigenvalue weighted by atomic mass is 16.3. The summed E-state index contributed by atoms with van der Waals surface area (Å²) in [5.41, 5.74) is 7.61. The van der Waals surface area contributed by atoms with Crippen LogP contribution in [0.4, 0.5) is 0 Å². The number of phenolic OH excluding ortho intramolecular Hbond substituents is 1. The van der Waals surface area contributed by atoms with Crippen molar-refractivity contribution in [3.05, 3.63) is 36.2 Å². The topological polar surface area (TPSA) is 92.0 Å². The van der Waals surface area contributed by atoms with Crippen LogP contribution in [0.15, 0.2) is 30.5 Å². The number of amides is 1. The molecule has 0 fully saturated rings. The van der Waals surface area contributed by atoms with Crippen molar-refractivity contribution < 1.29 is 9.90 Å². The number of hydrogen-bond donors (Lipinski definition) is 3. The number of benzene rings is 1. The van der Waals surface area contributed by atoms with Gasteiger partial charge in [-0.2, -0.15) is 0 Å². The molecule has 1 aromatic carbocycles. The predicted molar refractivity (Wildman–Crippen MR) is 79.5 cm³/mol. The highest BCUT2D eigenvalue weighted by Crippen LogP contribution is 2.28.